The molecule has 0 fully saturated rings. The van der Waals surface area contributed by atoms with Gasteiger partial charge in [0.1, 0.15) is 11.6 Å². The lowest BCUT2D eigenvalue weighted by molar-refractivity contribution is 0.442. The number of nitrogens with zero attached hydrogens (tertiary/aromatic N) is 2. The monoisotopic (exact) mass is 180 g/mol. The molecule has 0 aliphatic heterocycles. The number of nitrogens with two attached hydrogens (primary N) is 1. The van der Waals surface area contributed by atoms with Crippen molar-refractivity contribution >= 4 is 11.6 Å². The predicted molar refractivity (Wildman–Crippen MR) is 54.4 cm³/mol. The Bertz CT molecular complexity index is 260. The van der Waals surface area contributed by atoms with Crippen LogP contribution in [0.3, 0.4) is 0 Å². The maximum absolute atomic E-state index is 5.41. The van der Waals surface area contributed by atoms with Gasteiger partial charge in [-0.15, -0.1) is 10.2 Å². The summed E-state index contributed by atoms with van der Waals surface area (Å²) >= 11 is 0. The van der Waals surface area contributed by atoms with Crippen LogP contribution < -0.4 is 11.1 Å². The Balaban J connectivity index is 2.51. The standard InChI is InChI=1S/C9H16N4/c1-9(2,3)6-11-8-5-4-7(10)12-13-8/h4-5H,6H2,1-3H3,(H2,10,12)(H,11,13). The second-order valence-corrected chi connectivity index (χ2v) is 4.26. The topological polar surface area (TPSA) is 63.8 Å². The molecule has 0 aliphatic carbocycles. The van der Waals surface area contributed by atoms with E-state index in [2.05, 4.69) is 36.3 Å². The molecule has 13 heavy (non-hydrogen) atoms. The first-order valence-corrected chi connectivity index (χ1v) is 4.30. The quantitative estimate of drug-likeness (QED) is 0.724. The zero-order chi connectivity index (χ0) is 9.90. The SMILES string of the molecule is CC(C)(C)CNc1ccc(N)nn1. The molecule has 72 valence electrons. The number of nitrogen functional groups attached to an aromatic ring is 1. The van der Waals surface area contributed by atoms with E-state index in [-0.39, 0.29) is 5.41 Å². The van der Waals surface area contributed by atoms with Gasteiger partial charge in [0.2, 0.25) is 0 Å². The Labute approximate surface area is 78.6 Å². The minimum Gasteiger partial charge on any atom is -0.382 e. The molecule has 0 aromatic carbocycles. The Morgan fingerprint density at radius 3 is 2.46 bits per heavy atom. The third kappa shape index (κ3) is 3.73. The second-order valence-electron chi connectivity index (χ2n) is 4.26. The highest BCUT2D eigenvalue weighted by Gasteiger charge is 2.09. The Kier molecular flexibility index (Phi) is 2.70. The average molecular weight is 180 g/mol. The molecule has 1 heterocycles. The van der Waals surface area contributed by atoms with E-state index in [0.29, 0.717) is 5.82 Å². The van der Waals surface area contributed by atoms with Crippen molar-refractivity contribution in [1.82, 2.24) is 10.2 Å². The van der Waals surface area contributed by atoms with Gasteiger partial charge >= 0.3 is 0 Å². The summed E-state index contributed by atoms with van der Waals surface area (Å²) in [5.41, 5.74) is 5.65. The second kappa shape index (κ2) is 3.60. The Morgan fingerprint density at radius 2 is 2.00 bits per heavy atom. The maximum Gasteiger partial charge on any atom is 0.148 e. The summed E-state index contributed by atoms with van der Waals surface area (Å²) in [5, 5.41) is 10.8. The zero-order valence-electron chi connectivity index (χ0n) is 8.33. The van der Waals surface area contributed by atoms with Gasteiger partial charge in [-0.25, -0.2) is 0 Å². The summed E-state index contributed by atoms with van der Waals surface area (Å²) in [5.74, 6) is 1.21. The highest BCUT2D eigenvalue weighted by Crippen LogP contribution is 2.13. The highest BCUT2D eigenvalue weighted by atomic mass is 15.2. The fourth-order valence-corrected chi connectivity index (χ4v) is 0.793. The van der Waals surface area contributed by atoms with E-state index < -0.39 is 0 Å². The van der Waals surface area contributed by atoms with Gasteiger partial charge in [-0.2, -0.15) is 0 Å². The largest absolute Gasteiger partial charge is 0.382 e. The minimum atomic E-state index is 0.239. The molecular weight excluding hydrogens is 164 g/mol. The molecule has 4 heteroatoms. The summed E-state index contributed by atoms with van der Waals surface area (Å²) in [6, 6.07) is 3.56. The molecule has 1 rings (SSSR count). The molecule has 0 spiro atoms. The molecule has 0 radical (unpaired) electrons. The zero-order valence-corrected chi connectivity index (χ0v) is 8.33. The van der Waals surface area contributed by atoms with Crippen LogP contribution in [0.5, 0.6) is 0 Å². The van der Waals surface area contributed by atoms with E-state index in [4.69, 9.17) is 5.73 Å². The van der Waals surface area contributed by atoms with Crippen molar-refractivity contribution in [2.24, 2.45) is 5.41 Å². The van der Waals surface area contributed by atoms with Crippen molar-refractivity contribution in [3.8, 4) is 0 Å². The van der Waals surface area contributed by atoms with Crippen LogP contribution in [0.1, 0.15) is 20.8 Å². The van der Waals surface area contributed by atoms with Crippen molar-refractivity contribution < 1.29 is 0 Å². The van der Waals surface area contributed by atoms with Crippen LogP contribution in [-0.4, -0.2) is 16.7 Å². The van der Waals surface area contributed by atoms with E-state index in [9.17, 15) is 0 Å². The van der Waals surface area contributed by atoms with Gasteiger partial charge in [0.25, 0.3) is 0 Å². The lowest BCUT2D eigenvalue weighted by atomic mass is 9.97. The van der Waals surface area contributed by atoms with Crippen LogP contribution >= 0.6 is 0 Å². The van der Waals surface area contributed by atoms with Crippen LogP contribution in [0.25, 0.3) is 0 Å². The first-order chi connectivity index (χ1) is 5.97. The van der Waals surface area contributed by atoms with Crippen molar-refractivity contribution in [2.45, 2.75) is 20.8 Å². The summed E-state index contributed by atoms with van der Waals surface area (Å²) in [7, 11) is 0. The molecule has 0 atom stereocenters. The number of hydrogen-bond acceptors (Lipinski definition) is 4. The lowest BCUT2D eigenvalue weighted by Gasteiger charge is -2.18. The van der Waals surface area contributed by atoms with Gasteiger partial charge < -0.3 is 11.1 Å². The maximum atomic E-state index is 5.41. The van der Waals surface area contributed by atoms with Crippen molar-refractivity contribution in [1.29, 1.82) is 0 Å². The van der Waals surface area contributed by atoms with E-state index >= 15 is 0 Å². The third-order valence-electron chi connectivity index (χ3n) is 1.49. The first kappa shape index (κ1) is 9.77. The summed E-state index contributed by atoms with van der Waals surface area (Å²) in [6.45, 7) is 7.34. The van der Waals surface area contributed by atoms with Crippen LogP contribution in [0.2, 0.25) is 0 Å². The van der Waals surface area contributed by atoms with Gasteiger partial charge in [0, 0.05) is 6.54 Å². The molecular formula is C9H16N4. The van der Waals surface area contributed by atoms with Crippen LogP contribution in [0, 0.1) is 5.41 Å². The molecule has 0 bridgehead atoms. The molecule has 0 unspecified atom stereocenters. The van der Waals surface area contributed by atoms with Crippen LogP contribution in [0.15, 0.2) is 12.1 Å². The first-order valence-electron chi connectivity index (χ1n) is 4.30. The minimum absolute atomic E-state index is 0.239. The molecule has 0 aliphatic rings. The molecule has 0 saturated heterocycles. The van der Waals surface area contributed by atoms with Gasteiger partial charge in [0.15, 0.2) is 0 Å². The summed E-state index contributed by atoms with van der Waals surface area (Å²) in [6.07, 6.45) is 0. The number of rotatable bonds is 2. The van der Waals surface area contributed by atoms with Gasteiger partial charge in [-0.1, -0.05) is 20.8 Å². The Hall–Kier alpha value is -1.32. The van der Waals surface area contributed by atoms with Crippen molar-refractivity contribution in [3.05, 3.63) is 12.1 Å². The normalized spacial score (nSPS) is 11.3. The average Bonchev–Trinajstić information content (AvgIpc) is 2.02. The van der Waals surface area contributed by atoms with E-state index in [1.807, 2.05) is 6.07 Å². The van der Waals surface area contributed by atoms with Crippen molar-refractivity contribution in [3.63, 3.8) is 0 Å². The van der Waals surface area contributed by atoms with E-state index in [1.165, 1.54) is 0 Å². The number of anilines is 2. The fourth-order valence-electron chi connectivity index (χ4n) is 0.793. The van der Waals surface area contributed by atoms with Crippen LogP contribution in [-0.2, 0) is 0 Å². The summed E-state index contributed by atoms with van der Waals surface area (Å²) < 4.78 is 0. The van der Waals surface area contributed by atoms with Crippen LogP contribution in [0.4, 0.5) is 11.6 Å². The number of hydrogen-bond donors (Lipinski definition) is 2. The van der Waals surface area contributed by atoms with Gasteiger partial charge in [-0.3, -0.25) is 0 Å². The van der Waals surface area contributed by atoms with E-state index in [1.54, 1.807) is 6.07 Å². The van der Waals surface area contributed by atoms with Gasteiger partial charge in [0.05, 0.1) is 0 Å². The Morgan fingerprint density at radius 1 is 1.31 bits per heavy atom. The smallest absolute Gasteiger partial charge is 0.148 e. The van der Waals surface area contributed by atoms with Gasteiger partial charge in [-0.05, 0) is 17.5 Å². The molecule has 3 N–H and O–H groups in total. The summed E-state index contributed by atoms with van der Waals surface area (Å²) in [4.78, 5) is 0. The lowest BCUT2D eigenvalue weighted by Crippen LogP contribution is -2.19. The predicted octanol–water partition coefficient (Wildman–Crippen LogP) is 1.52. The molecule has 0 amide bonds. The van der Waals surface area contributed by atoms with Crippen molar-refractivity contribution in [2.75, 3.05) is 17.6 Å². The molecule has 1 aromatic rings. The van der Waals surface area contributed by atoms with E-state index in [0.717, 1.165) is 12.4 Å². The molecule has 1 aromatic heterocycles. The fraction of sp³-hybridized carbons (Fsp3) is 0.556. The third-order valence-corrected chi connectivity index (χ3v) is 1.49. The highest BCUT2D eigenvalue weighted by molar-refractivity contribution is 5.38. The number of aromatic nitrogens is 2. The molecule has 0 saturated carbocycles. The molecule has 4 nitrogen and oxygen atoms in total. The number of nitrogens with one attached hydrogen (secondary N) is 1.